The molecule has 1 aromatic heterocycles. The van der Waals surface area contributed by atoms with Gasteiger partial charge in [-0.1, -0.05) is 0 Å². The van der Waals surface area contributed by atoms with E-state index in [4.69, 9.17) is 4.74 Å². The number of hydrogen-bond acceptors (Lipinski definition) is 5. The topological polar surface area (TPSA) is 38.8 Å². The lowest BCUT2D eigenvalue weighted by Crippen LogP contribution is -2.36. The number of methoxy groups -OCH3 is 1. The molecular weight excluding hydrogens is 264 g/mol. The molecule has 0 amide bonds. The molecule has 0 radical (unpaired) electrons. The minimum atomic E-state index is -2.58. The van der Waals surface area contributed by atoms with E-state index in [0.717, 1.165) is 11.3 Å². The van der Waals surface area contributed by atoms with Gasteiger partial charge in [-0.3, -0.25) is 0 Å². The Balaban J connectivity index is 2.33. The number of ether oxygens (including phenoxy) is 2. The lowest BCUT2D eigenvalue weighted by atomic mass is 10.3. The van der Waals surface area contributed by atoms with E-state index in [2.05, 4.69) is 4.74 Å². The highest BCUT2D eigenvalue weighted by molar-refractivity contribution is 7.14. The van der Waals surface area contributed by atoms with Gasteiger partial charge in [0, 0.05) is 13.1 Å². The van der Waals surface area contributed by atoms with Crippen LogP contribution in [0.5, 0.6) is 0 Å². The number of nitrogens with zero attached hydrogens (tertiary/aromatic N) is 1. The standard InChI is InChI=1S/C11H13F2NO3S/c1-16-11(15)9-7(6-8(18-9)10(12)13)14-2-4-17-5-3-14/h6,10H,2-5H2,1H3. The van der Waals surface area contributed by atoms with E-state index < -0.39 is 12.4 Å². The van der Waals surface area contributed by atoms with Crippen molar-refractivity contribution in [2.24, 2.45) is 0 Å². The van der Waals surface area contributed by atoms with Crippen LogP contribution < -0.4 is 4.90 Å². The number of thiophene rings is 1. The van der Waals surface area contributed by atoms with Crippen molar-refractivity contribution in [3.8, 4) is 0 Å². The number of rotatable bonds is 3. The first-order chi connectivity index (χ1) is 8.63. The Morgan fingerprint density at radius 2 is 2.17 bits per heavy atom. The van der Waals surface area contributed by atoms with Crippen LogP contribution in [0.4, 0.5) is 14.5 Å². The fourth-order valence-corrected chi connectivity index (χ4v) is 2.74. The molecule has 1 fully saturated rings. The molecule has 2 rings (SSSR count). The van der Waals surface area contributed by atoms with Crippen molar-refractivity contribution in [1.82, 2.24) is 0 Å². The van der Waals surface area contributed by atoms with Crippen LogP contribution in [0.15, 0.2) is 6.07 Å². The van der Waals surface area contributed by atoms with Crippen molar-refractivity contribution in [3.05, 3.63) is 15.8 Å². The van der Waals surface area contributed by atoms with Crippen molar-refractivity contribution >= 4 is 23.0 Å². The monoisotopic (exact) mass is 277 g/mol. The highest BCUT2D eigenvalue weighted by Gasteiger charge is 2.25. The van der Waals surface area contributed by atoms with Crippen LogP contribution in [-0.4, -0.2) is 39.4 Å². The van der Waals surface area contributed by atoms with Gasteiger partial charge in [-0.05, 0) is 6.07 Å². The first kappa shape index (κ1) is 13.2. The zero-order valence-corrected chi connectivity index (χ0v) is 10.6. The van der Waals surface area contributed by atoms with Gasteiger partial charge in [0.1, 0.15) is 4.88 Å². The van der Waals surface area contributed by atoms with E-state index in [1.165, 1.54) is 13.2 Å². The molecule has 2 heterocycles. The van der Waals surface area contributed by atoms with E-state index in [0.29, 0.717) is 32.0 Å². The summed E-state index contributed by atoms with van der Waals surface area (Å²) in [7, 11) is 1.24. The number of morpholine rings is 1. The van der Waals surface area contributed by atoms with Crippen LogP contribution in [0, 0.1) is 0 Å². The summed E-state index contributed by atoms with van der Waals surface area (Å²) in [6, 6.07) is 1.37. The average molecular weight is 277 g/mol. The molecule has 4 nitrogen and oxygen atoms in total. The van der Waals surface area contributed by atoms with Crippen LogP contribution in [-0.2, 0) is 9.47 Å². The number of anilines is 1. The van der Waals surface area contributed by atoms with Crippen LogP contribution >= 0.6 is 11.3 Å². The Hall–Kier alpha value is -1.21. The van der Waals surface area contributed by atoms with Gasteiger partial charge in [0.05, 0.1) is 30.9 Å². The number of carbonyl (C=O) groups excluding carboxylic acids is 1. The number of hydrogen-bond donors (Lipinski definition) is 0. The molecule has 0 unspecified atom stereocenters. The Morgan fingerprint density at radius 1 is 1.50 bits per heavy atom. The third-order valence-electron chi connectivity index (χ3n) is 2.67. The summed E-state index contributed by atoms with van der Waals surface area (Å²) in [6.45, 7) is 2.23. The molecule has 1 aromatic rings. The van der Waals surface area contributed by atoms with E-state index in [9.17, 15) is 13.6 Å². The normalized spacial score (nSPS) is 16.1. The molecule has 1 aliphatic heterocycles. The minimum Gasteiger partial charge on any atom is -0.465 e. The van der Waals surface area contributed by atoms with E-state index in [1.807, 2.05) is 4.90 Å². The second kappa shape index (κ2) is 5.62. The van der Waals surface area contributed by atoms with Gasteiger partial charge in [0.25, 0.3) is 6.43 Å². The number of carbonyl (C=O) groups is 1. The highest BCUT2D eigenvalue weighted by Crippen LogP contribution is 2.36. The molecule has 18 heavy (non-hydrogen) atoms. The quantitative estimate of drug-likeness (QED) is 0.795. The van der Waals surface area contributed by atoms with Crippen LogP contribution in [0.2, 0.25) is 0 Å². The van der Waals surface area contributed by atoms with Gasteiger partial charge in [0.15, 0.2) is 0 Å². The lowest BCUT2D eigenvalue weighted by Gasteiger charge is -2.28. The molecule has 0 saturated carbocycles. The largest absolute Gasteiger partial charge is 0.465 e. The third-order valence-corrected chi connectivity index (χ3v) is 3.78. The van der Waals surface area contributed by atoms with Crippen molar-refractivity contribution in [2.45, 2.75) is 6.43 Å². The molecule has 1 aliphatic rings. The van der Waals surface area contributed by atoms with Gasteiger partial charge in [-0.2, -0.15) is 0 Å². The predicted molar refractivity (Wildman–Crippen MR) is 63.6 cm³/mol. The molecule has 0 atom stereocenters. The zero-order chi connectivity index (χ0) is 13.1. The van der Waals surface area contributed by atoms with Gasteiger partial charge in [0.2, 0.25) is 0 Å². The van der Waals surface area contributed by atoms with E-state index in [-0.39, 0.29) is 9.75 Å². The zero-order valence-electron chi connectivity index (χ0n) is 9.82. The maximum atomic E-state index is 12.7. The van der Waals surface area contributed by atoms with E-state index in [1.54, 1.807) is 0 Å². The summed E-state index contributed by atoms with van der Waals surface area (Å²) in [6.07, 6.45) is -2.58. The summed E-state index contributed by atoms with van der Waals surface area (Å²) < 4.78 is 35.2. The van der Waals surface area contributed by atoms with Crippen molar-refractivity contribution in [1.29, 1.82) is 0 Å². The number of esters is 1. The maximum absolute atomic E-state index is 12.7. The molecule has 0 bridgehead atoms. The van der Waals surface area contributed by atoms with E-state index >= 15 is 0 Å². The smallest absolute Gasteiger partial charge is 0.350 e. The molecular formula is C11H13F2NO3S. The second-order valence-electron chi connectivity index (χ2n) is 3.75. The Bertz CT molecular complexity index is 430. The van der Waals surface area contributed by atoms with Crippen molar-refractivity contribution in [3.63, 3.8) is 0 Å². The fourth-order valence-electron chi connectivity index (χ4n) is 1.79. The molecule has 0 aliphatic carbocycles. The average Bonchev–Trinajstić information content (AvgIpc) is 2.84. The summed E-state index contributed by atoms with van der Waals surface area (Å²) in [5.41, 5.74) is 0.519. The summed E-state index contributed by atoms with van der Waals surface area (Å²) in [5.74, 6) is -0.576. The van der Waals surface area contributed by atoms with Gasteiger partial charge < -0.3 is 14.4 Å². The fraction of sp³-hybridized carbons (Fsp3) is 0.545. The molecule has 7 heteroatoms. The van der Waals surface area contributed by atoms with Gasteiger partial charge >= 0.3 is 5.97 Å². The summed E-state index contributed by atoms with van der Waals surface area (Å²) in [4.78, 5) is 13.6. The Kier molecular flexibility index (Phi) is 4.13. The highest BCUT2D eigenvalue weighted by atomic mass is 32.1. The Labute approximate surface area is 107 Å². The minimum absolute atomic E-state index is 0.114. The van der Waals surface area contributed by atoms with Crippen molar-refractivity contribution in [2.75, 3.05) is 38.3 Å². The molecule has 100 valence electrons. The van der Waals surface area contributed by atoms with Crippen LogP contribution in [0.3, 0.4) is 0 Å². The summed E-state index contributed by atoms with van der Waals surface area (Å²) in [5, 5.41) is 0. The molecule has 0 spiro atoms. The first-order valence-corrected chi connectivity index (χ1v) is 6.28. The van der Waals surface area contributed by atoms with Gasteiger partial charge in [-0.25, -0.2) is 13.6 Å². The molecule has 1 saturated heterocycles. The van der Waals surface area contributed by atoms with Crippen LogP contribution in [0.1, 0.15) is 21.0 Å². The Morgan fingerprint density at radius 3 is 2.72 bits per heavy atom. The summed E-state index contributed by atoms with van der Waals surface area (Å²) >= 11 is 0.787. The first-order valence-electron chi connectivity index (χ1n) is 5.46. The van der Waals surface area contributed by atoms with Crippen molar-refractivity contribution < 1.29 is 23.0 Å². The number of halogens is 2. The second-order valence-corrected chi connectivity index (χ2v) is 4.84. The SMILES string of the molecule is COC(=O)c1sc(C(F)F)cc1N1CCOCC1. The molecule has 0 aromatic carbocycles. The van der Waals surface area contributed by atoms with Gasteiger partial charge in [-0.15, -0.1) is 11.3 Å². The number of alkyl halides is 2. The van der Waals surface area contributed by atoms with Crippen LogP contribution in [0.25, 0.3) is 0 Å². The third kappa shape index (κ3) is 2.62. The maximum Gasteiger partial charge on any atom is 0.350 e. The molecule has 0 N–H and O–H groups in total. The predicted octanol–water partition coefficient (Wildman–Crippen LogP) is 2.31. The lowest BCUT2D eigenvalue weighted by molar-refractivity contribution is 0.0606.